The molecule has 0 saturated carbocycles. The number of rotatable bonds is 2. The van der Waals surface area contributed by atoms with Gasteiger partial charge in [-0.2, -0.15) is 0 Å². The molecule has 0 aromatic carbocycles. The second kappa shape index (κ2) is 4.50. The molecule has 0 fully saturated rings. The van der Waals surface area contributed by atoms with Crippen LogP contribution >= 0.6 is 11.3 Å². The minimum absolute atomic E-state index is 0.225. The number of anilines is 2. The van der Waals surface area contributed by atoms with Crippen molar-refractivity contribution in [3.8, 4) is 0 Å². The Morgan fingerprint density at radius 2 is 2.06 bits per heavy atom. The van der Waals surface area contributed by atoms with E-state index in [1.54, 1.807) is 19.1 Å². The first-order chi connectivity index (χ1) is 8.04. The maximum absolute atomic E-state index is 11.9. The molecule has 1 amide bonds. The van der Waals surface area contributed by atoms with E-state index < -0.39 is 0 Å². The Labute approximate surface area is 103 Å². The molecule has 0 unspecified atom stereocenters. The number of aromatic nitrogens is 2. The van der Waals surface area contributed by atoms with Crippen LogP contribution in [0.15, 0.2) is 17.5 Å². The molecule has 17 heavy (non-hydrogen) atoms. The lowest BCUT2D eigenvalue weighted by atomic mass is 10.2. The number of hydrogen-bond donors (Lipinski definition) is 2. The van der Waals surface area contributed by atoms with Crippen LogP contribution in [0.4, 0.5) is 10.9 Å². The number of carbonyl (C=O) groups is 1. The molecule has 0 radical (unpaired) electrons. The molecule has 3 N–H and O–H groups in total. The summed E-state index contributed by atoms with van der Waals surface area (Å²) in [5.74, 6) is 0.113. The molecule has 88 valence electrons. The van der Waals surface area contributed by atoms with Crippen LogP contribution in [0.1, 0.15) is 21.7 Å². The predicted octanol–water partition coefficient (Wildman–Crippen LogP) is 1.99. The maximum Gasteiger partial charge on any atom is 0.257 e. The van der Waals surface area contributed by atoms with Crippen molar-refractivity contribution in [3.63, 3.8) is 0 Å². The van der Waals surface area contributed by atoms with Gasteiger partial charge in [0.1, 0.15) is 5.82 Å². The Morgan fingerprint density at radius 1 is 1.29 bits per heavy atom. The Hall–Kier alpha value is -1.95. The average molecular weight is 248 g/mol. The van der Waals surface area contributed by atoms with Gasteiger partial charge in [0.25, 0.3) is 5.91 Å². The molecule has 6 heteroatoms. The second-order valence-corrected chi connectivity index (χ2v) is 4.53. The highest BCUT2D eigenvalue weighted by Crippen LogP contribution is 2.16. The van der Waals surface area contributed by atoms with Crippen LogP contribution in [-0.4, -0.2) is 15.9 Å². The van der Waals surface area contributed by atoms with Gasteiger partial charge in [0.2, 0.25) is 0 Å². The number of amides is 1. The number of nitrogens with two attached hydrogens (primary N) is 1. The highest BCUT2D eigenvalue weighted by molar-refractivity contribution is 7.13. The van der Waals surface area contributed by atoms with Crippen LogP contribution < -0.4 is 11.1 Å². The lowest BCUT2D eigenvalue weighted by Gasteiger charge is -2.03. The molecular weight excluding hydrogens is 236 g/mol. The normalized spacial score (nSPS) is 10.2. The van der Waals surface area contributed by atoms with Crippen molar-refractivity contribution in [1.29, 1.82) is 0 Å². The summed E-state index contributed by atoms with van der Waals surface area (Å²) < 4.78 is 0. The van der Waals surface area contributed by atoms with Crippen molar-refractivity contribution in [3.05, 3.63) is 34.5 Å². The lowest BCUT2D eigenvalue weighted by Crippen LogP contribution is -2.13. The van der Waals surface area contributed by atoms with E-state index in [2.05, 4.69) is 15.3 Å². The third kappa shape index (κ3) is 2.79. The molecular formula is C11H12N4OS. The highest BCUT2D eigenvalue weighted by atomic mass is 32.1. The molecule has 0 saturated heterocycles. The summed E-state index contributed by atoms with van der Waals surface area (Å²) in [4.78, 5) is 20.1. The fourth-order valence-corrected chi connectivity index (χ4v) is 2.09. The van der Waals surface area contributed by atoms with E-state index in [1.807, 2.05) is 12.3 Å². The van der Waals surface area contributed by atoms with Crippen LogP contribution in [0.5, 0.6) is 0 Å². The van der Waals surface area contributed by atoms with Crippen molar-refractivity contribution in [2.75, 3.05) is 11.1 Å². The van der Waals surface area contributed by atoms with Gasteiger partial charge >= 0.3 is 0 Å². The van der Waals surface area contributed by atoms with Crippen molar-refractivity contribution < 1.29 is 4.79 Å². The SMILES string of the molecule is Cc1cc(C(=O)Nc2nc(C)cs2)cc(N)n1. The molecule has 0 aliphatic rings. The first-order valence-electron chi connectivity index (χ1n) is 5.02. The fourth-order valence-electron chi connectivity index (χ4n) is 1.41. The lowest BCUT2D eigenvalue weighted by molar-refractivity contribution is 0.102. The number of thiazole rings is 1. The smallest absolute Gasteiger partial charge is 0.257 e. The van der Waals surface area contributed by atoms with E-state index in [4.69, 9.17) is 5.73 Å². The van der Waals surface area contributed by atoms with Gasteiger partial charge in [-0.25, -0.2) is 9.97 Å². The van der Waals surface area contributed by atoms with Gasteiger partial charge < -0.3 is 5.73 Å². The van der Waals surface area contributed by atoms with E-state index in [9.17, 15) is 4.79 Å². The van der Waals surface area contributed by atoms with E-state index in [1.165, 1.54) is 11.3 Å². The predicted molar refractivity (Wildman–Crippen MR) is 68.2 cm³/mol. The van der Waals surface area contributed by atoms with Crippen LogP contribution in [0.3, 0.4) is 0 Å². The largest absolute Gasteiger partial charge is 0.384 e. The van der Waals surface area contributed by atoms with Gasteiger partial charge in [0, 0.05) is 16.6 Å². The monoisotopic (exact) mass is 248 g/mol. The molecule has 2 aromatic heterocycles. The minimum Gasteiger partial charge on any atom is -0.384 e. The zero-order valence-electron chi connectivity index (χ0n) is 9.52. The van der Waals surface area contributed by atoms with E-state index in [-0.39, 0.29) is 5.91 Å². The van der Waals surface area contributed by atoms with Crippen LogP contribution in [-0.2, 0) is 0 Å². The summed E-state index contributed by atoms with van der Waals surface area (Å²) in [5.41, 5.74) is 7.68. The van der Waals surface area contributed by atoms with Crippen molar-refractivity contribution in [1.82, 2.24) is 9.97 Å². The zero-order valence-corrected chi connectivity index (χ0v) is 10.3. The maximum atomic E-state index is 11.9. The topological polar surface area (TPSA) is 80.9 Å². The van der Waals surface area contributed by atoms with E-state index in [0.29, 0.717) is 22.2 Å². The summed E-state index contributed by atoms with van der Waals surface area (Å²) >= 11 is 1.39. The number of nitrogens with one attached hydrogen (secondary N) is 1. The molecule has 0 spiro atoms. The van der Waals surface area contributed by atoms with Gasteiger partial charge in [0.15, 0.2) is 5.13 Å². The molecule has 0 aliphatic carbocycles. The van der Waals surface area contributed by atoms with E-state index in [0.717, 1.165) is 5.69 Å². The van der Waals surface area contributed by atoms with Gasteiger partial charge in [-0.3, -0.25) is 10.1 Å². The molecule has 5 nitrogen and oxygen atoms in total. The molecule has 2 rings (SSSR count). The Balaban J connectivity index is 2.19. The summed E-state index contributed by atoms with van der Waals surface area (Å²) in [7, 11) is 0. The average Bonchev–Trinajstić information content (AvgIpc) is 2.62. The summed E-state index contributed by atoms with van der Waals surface area (Å²) in [6, 6.07) is 3.23. The van der Waals surface area contributed by atoms with Gasteiger partial charge in [-0.15, -0.1) is 11.3 Å². The van der Waals surface area contributed by atoms with Crippen molar-refractivity contribution in [2.24, 2.45) is 0 Å². The summed E-state index contributed by atoms with van der Waals surface area (Å²) in [6.45, 7) is 3.67. The van der Waals surface area contributed by atoms with Crippen molar-refractivity contribution in [2.45, 2.75) is 13.8 Å². The summed E-state index contributed by atoms with van der Waals surface area (Å²) in [5, 5.41) is 5.18. The Kier molecular flexibility index (Phi) is 3.06. The molecule has 2 heterocycles. The third-order valence-electron chi connectivity index (χ3n) is 2.07. The Bertz CT molecular complexity index is 544. The number of carbonyl (C=O) groups excluding carboxylic acids is 1. The first kappa shape index (κ1) is 11.5. The highest BCUT2D eigenvalue weighted by Gasteiger charge is 2.09. The Morgan fingerprint density at radius 3 is 2.65 bits per heavy atom. The fraction of sp³-hybridized carbons (Fsp3) is 0.182. The van der Waals surface area contributed by atoms with Gasteiger partial charge in [-0.1, -0.05) is 0 Å². The number of hydrogen-bond acceptors (Lipinski definition) is 5. The van der Waals surface area contributed by atoms with Crippen LogP contribution in [0, 0.1) is 13.8 Å². The quantitative estimate of drug-likeness (QED) is 0.851. The number of nitrogens with zero attached hydrogens (tertiary/aromatic N) is 2. The number of aryl methyl sites for hydroxylation is 2. The standard InChI is InChI=1S/C11H12N4OS/c1-6-3-8(4-9(12)13-6)10(16)15-11-14-7(2)5-17-11/h3-5H,1-2H3,(H2,12,13)(H,14,15,16). The molecule has 0 atom stereocenters. The van der Waals surface area contributed by atoms with Crippen molar-refractivity contribution >= 4 is 28.2 Å². The summed E-state index contributed by atoms with van der Waals surface area (Å²) in [6.07, 6.45) is 0. The van der Waals surface area contributed by atoms with E-state index >= 15 is 0 Å². The van der Waals surface area contributed by atoms with Gasteiger partial charge in [0.05, 0.1) is 5.69 Å². The molecule has 2 aromatic rings. The zero-order chi connectivity index (χ0) is 12.4. The molecule has 0 bridgehead atoms. The van der Waals surface area contributed by atoms with Crippen LogP contribution in [0.25, 0.3) is 0 Å². The number of pyridine rings is 1. The third-order valence-corrected chi connectivity index (χ3v) is 2.95. The minimum atomic E-state index is -0.225. The van der Waals surface area contributed by atoms with Gasteiger partial charge in [-0.05, 0) is 26.0 Å². The number of nitrogen functional groups attached to an aromatic ring is 1. The first-order valence-corrected chi connectivity index (χ1v) is 5.90. The second-order valence-electron chi connectivity index (χ2n) is 3.67. The van der Waals surface area contributed by atoms with Crippen LogP contribution in [0.2, 0.25) is 0 Å². The molecule has 0 aliphatic heterocycles.